The van der Waals surface area contributed by atoms with Crippen LogP contribution < -0.4 is 11.1 Å². The molecule has 0 aliphatic heterocycles. The highest BCUT2D eigenvalue weighted by atomic mass is 35.5. The number of halogens is 3. The van der Waals surface area contributed by atoms with Gasteiger partial charge in [-0.15, -0.1) is 0 Å². The third-order valence-corrected chi connectivity index (χ3v) is 4.89. The van der Waals surface area contributed by atoms with E-state index in [0.717, 1.165) is 10.6 Å². The second kappa shape index (κ2) is 7.98. The monoisotopic (exact) mass is 429 g/mol. The molecule has 0 bridgehead atoms. The van der Waals surface area contributed by atoms with Crippen molar-refractivity contribution in [1.82, 2.24) is 4.57 Å². The summed E-state index contributed by atoms with van der Waals surface area (Å²) >= 11 is 6.09. The van der Waals surface area contributed by atoms with Gasteiger partial charge < -0.3 is 9.73 Å². The minimum Gasteiger partial charge on any atom is -0.407 e. The van der Waals surface area contributed by atoms with Gasteiger partial charge in [0.2, 0.25) is 5.91 Å². The third kappa shape index (κ3) is 4.15. The molecule has 2 aromatic carbocycles. The first kappa shape index (κ1) is 19.8. The molecular weight excluding hydrogens is 420 g/mol. The largest absolute Gasteiger partial charge is 0.420 e. The predicted octanol–water partition coefficient (Wildman–Crippen LogP) is 4.11. The summed E-state index contributed by atoms with van der Waals surface area (Å²) in [5.74, 6) is -4.33. The molecule has 0 aliphatic rings. The zero-order valence-electron chi connectivity index (χ0n) is 13.7. The Labute approximate surface area is 164 Å². The Kier molecular flexibility index (Phi) is 5.66. The average Bonchev–Trinajstić information content (AvgIpc) is 2.92. The van der Waals surface area contributed by atoms with Crippen LogP contribution in [0.25, 0.3) is 11.1 Å². The van der Waals surface area contributed by atoms with Gasteiger partial charge in [0.1, 0.15) is 6.54 Å². The maximum Gasteiger partial charge on any atom is 0.420 e. The number of benzene rings is 2. The lowest BCUT2D eigenvalue weighted by atomic mass is 10.3. The average molecular weight is 430 g/mol. The van der Waals surface area contributed by atoms with Gasteiger partial charge in [-0.3, -0.25) is 19.5 Å². The van der Waals surface area contributed by atoms with Crippen LogP contribution in [0.2, 0.25) is 5.02 Å². The number of carbonyl (C=O) groups excluding carboxylic acids is 1. The topological polar surface area (TPSA) is 107 Å². The van der Waals surface area contributed by atoms with Crippen LogP contribution in [0.1, 0.15) is 0 Å². The second-order valence-electron chi connectivity index (χ2n) is 5.41. The molecule has 3 aromatic rings. The molecule has 1 heterocycles. The number of rotatable bonds is 6. The fourth-order valence-electron chi connectivity index (χ4n) is 2.47. The first-order valence-electron chi connectivity index (χ1n) is 7.57. The number of nitrogens with one attached hydrogen (secondary N) is 1. The van der Waals surface area contributed by atoms with E-state index in [0.29, 0.717) is 0 Å². The number of fused-ring (bicyclic) bond motifs is 1. The highest BCUT2D eigenvalue weighted by Crippen LogP contribution is 2.37. The van der Waals surface area contributed by atoms with E-state index < -0.39 is 28.9 Å². The van der Waals surface area contributed by atoms with Crippen LogP contribution in [-0.4, -0.2) is 21.2 Å². The first-order valence-corrected chi connectivity index (χ1v) is 8.83. The second-order valence-corrected chi connectivity index (χ2v) is 6.81. The lowest BCUT2D eigenvalue weighted by Crippen LogP contribution is -2.25. The molecule has 146 valence electrons. The van der Waals surface area contributed by atoms with Gasteiger partial charge in [0, 0.05) is 6.07 Å². The molecule has 12 heteroatoms. The van der Waals surface area contributed by atoms with Gasteiger partial charge in [-0.1, -0.05) is 29.4 Å². The maximum atomic E-state index is 12.7. The number of alkyl halides is 2. The van der Waals surface area contributed by atoms with Crippen molar-refractivity contribution in [3.8, 4) is 0 Å². The number of hydrogen-bond acceptors (Lipinski definition) is 6. The Morgan fingerprint density at radius 3 is 2.79 bits per heavy atom. The number of amides is 1. The number of nitro groups is 1. The highest BCUT2D eigenvalue weighted by Gasteiger charge is 2.18. The molecule has 0 spiro atoms. The van der Waals surface area contributed by atoms with E-state index in [1.807, 2.05) is 0 Å². The number of nitrogens with zero attached hydrogens (tertiary/aromatic N) is 2. The van der Waals surface area contributed by atoms with Crippen molar-refractivity contribution in [3.05, 3.63) is 62.1 Å². The fraction of sp³-hybridized carbons (Fsp3) is 0.125. The Morgan fingerprint density at radius 1 is 1.36 bits per heavy atom. The molecule has 0 aliphatic carbocycles. The van der Waals surface area contributed by atoms with Crippen molar-refractivity contribution in [2.24, 2.45) is 0 Å². The number of aromatic nitrogens is 1. The lowest BCUT2D eigenvalue weighted by molar-refractivity contribution is -0.384. The van der Waals surface area contributed by atoms with Crippen LogP contribution in [-0.2, 0) is 11.3 Å². The van der Waals surface area contributed by atoms with E-state index in [4.69, 9.17) is 16.0 Å². The normalized spacial score (nSPS) is 11.1. The van der Waals surface area contributed by atoms with Gasteiger partial charge in [-0.05, 0) is 18.2 Å². The highest BCUT2D eigenvalue weighted by molar-refractivity contribution is 7.99. The van der Waals surface area contributed by atoms with Crippen molar-refractivity contribution in [2.75, 3.05) is 5.32 Å². The molecule has 0 fully saturated rings. The standard InChI is InChI=1S/C16H10ClF2N3O5S/c17-9-2-1-3-10(14(9)28-15(18)19)20-13(23)7-21-11-5-4-8(22(25)26)6-12(11)27-16(21)24/h1-6,15H,7H2,(H,20,23). The molecule has 0 radical (unpaired) electrons. The van der Waals surface area contributed by atoms with Gasteiger partial charge in [-0.25, -0.2) is 4.79 Å². The number of oxazole rings is 1. The predicted molar refractivity (Wildman–Crippen MR) is 99.1 cm³/mol. The summed E-state index contributed by atoms with van der Waals surface area (Å²) in [5, 5.41) is 13.3. The van der Waals surface area contributed by atoms with Crippen molar-refractivity contribution >= 4 is 51.7 Å². The number of carbonyl (C=O) groups is 1. The summed E-state index contributed by atoms with van der Waals surface area (Å²) < 4.78 is 31.4. The molecule has 28 heavy (non-hydrogen) atoms. The molecule has 1 aromatic heterocycles. The molecule has 8 nitrogen and oxygen atoms in total. The minimum atomic E-state index is -2.74. The Morgan fingerprint density at radius 2 is 2.11 bits per heavy atom. The van der Waals surface area contributed by atoms with Crippen LogP contribution in [0.3, 0.4) is 0 Å². The number of nitro benzene ring substituents is 1. The number of thioether (sulfide) groups is 1. The maximum absolute atomic E-state index is 12.7. The quantitative estimate of drug-likeness (QED) is 0.359. The van der Waals surface area contributed by atoms with Gasteiger partial charge in [-0.2, -0.15) is 8.78 Å². The Bertz CT molecular complexity index is 1130. The molecule has 0 saturated heterocycles. The van der Waals surface area contributed by atoms with Crippen molar-refractivity contribution < 1.29 is 22.9 Å². The molecule has 0 saturated carbocycles. The van der Waals surface area contributed by atoms with Gasteiger partial charge in [0.05, 0.1) is 32.1 Å². The molecule has 0 atom stereocenters. The van der Waals surface area contributed by atoms with Crippen LogP contribution >= 0.6 is 23.4 Å². The van der Waals surface area contributed by atoms with E-state index >= 15 is 0 Å². The summed E-state index contributed by atoms with van der Waals surface area (Å²) in [6.45, 7) is -0.491. The SMILES string of the molecule is O=C(Cn1c(=O)oc2cc([N+](=O)[O-])ccc21)Nc1cccc(Cl)c1SC(F)F. The molecular formula is C16H10ClF2N3O5S. The number of anilines is 1. The van der Waals surface area contributed by atoms with Crippen molar-refractivity contribution in [1.29, 1.82) is 0 Å². The zero-order valence-corrected chi connectivity index (χ0v) is 15.3. The van der Waals surface area contributed by atoms with Crippen LogP contribution in [0.4, 0.5) is 20.2 Å². The summed E-state index contributed by atoms with van der Waals surface area (Å²) in [6.07, 6.45) is 0. The summed E-state index contributed by atoms with van der Waals surface area (Å²) in [6, 6.07) is 7.80. The summed E-state index contributed by atoms with van der Waals surface area (Å²) in [4.78, 5) is 34.5. The van der Waals surface area contributed by atoms with Crippen LogP contribution in [0, 0.1) is 10.1 Å². The van der Waals surface area contributed by atoms with Crippen molar-refractivity contribution in [2.45, 2.75) is 17.2 Å². The molecule has 0 unspecified atom stereocenters. The fourth-order valence-corrected chi connectivity index (χ4v) is 3.38. The molecule has 3 rings (SSSR count). The van der Waals surface area contributed by atoms with Crippen LogP contribution in [0.5, 0.6) is 0 Å². The molecule has 1 amide bonds. The number of hydrogen-bond donors (Lipinski definition) is 1. The Hall–Kier alpha value is -2.92. The first-order chi connectivity index (χ1) is 13.3. The van der Waals surface area contributed by atoms with E-state index in [-0.39, 0.29) is 44.2 Å². The molecule has 1 N–H and O–H groups in total. The zero-order chi connectivity index (χ0) is 20.4. The van der Waals surface area contributed by atoms with Crippen LogP contribution in [0.15, 0.2) is 50.5 Å². The van der Waals surface area contributed by atoms with E-state index in [9.17, 15) is 28.5 Å². The van der Waals surface area contributed by atoms with Gasteiger partial charge in [0.25, 0.3) is 11.4 Å². The van der Waals surface area contributed by atoms with Gasteiger partial charge >= 0.3 is 5.76 Å². The third-order valence-electron chi connectivity index (χ3n) is 3.61. The van der Waals surface area contributed by atoms with Gasteiger partial charge in [0.15, 0.2) is 5.58 Å². The van der Waals surface area contributed by atoms with E-state index in [2.05, 4.69) is 5.32 Å². The Balaban J connectivity index is 1.87. The summed E-state index contributed by atoms with van der Waals surface area (Å²) in [7, 11) is 0. The van der Waals surface area contributed by atoms with Crippen molar-refractivity contribution in [3.63, 3.8) is 0 Å². The smallest absolute Gasteiger partial charge is 0.407 e. The van der Waals surface area contributed by atoms with E-state index in [1.54, 1.807) is 0 Å². The number of non-ortho nitro benzene ring substituents is 1. The van der Waals surface area contributed by atoms with E-state index in [1.165, 1.54) is 30.3 Å². The summed E-state index contributed by atoms with van der Waals surface area (Å²) in [5.41, 5.74) is -0.0764. The lowest BCUT2D eigenvalue weighted by Gasteiger charge is -2.12. The minimum absolute atomic E-state index is 0.00691.